The van der Waals surface area contributed by atoms with Gasteiger partial charge in [0.15, 0.2) is 0 Å². The Morgan fingerprint density at radius 3 is 2.07 bits per heavy atom. The van der Waals surface area contributed by atoms with Crippen LogP contribution in [0.2, 0.25) is 0 Å². The van der Waals surface area contributed by atoms with Crippen molar-refractivity contribution in [2.75, 3.05) is 56.5 Å². The van der Waals surface area contributed by atoms with Crippen molar-refractivity contribution in [1.82, 2.24) is 9.80 Å². The van der Waals surface area contributed by atoms with E-state index in [1.807, 2.05) is 17.0 Å². The second kappa shape index (κ2) is 8.52. The van der Waals surface area contributed by atoms with Crippen molar-refractivity contribution >= 4 is 23.2 Å². The van der Waals surface area contributed by atoms with E-state index in [0.29, 0.717) is 5.91 Å². The van der Waals surface area contributed by atoms with E-state index in [2.05, 4.69) is 34.3 Å². The summed E-state index contributed by atoms with van der Waals surface area (Å²) < 4.78 is 0. The maximum absolute atomic E-state index is 12.6. The Balaban J connectivity index is 1.25. The van der Waals surface area contributed by atoms with Crippen LogP contribution < -0.4 is 10.2 Å². The van der Waals surface area contributed by atoms with Crippen LogP contribution in [-0.2, 0) is 9.59 Å². The maximum atomic E-state index is 12.6. The monoisotopic (exact) mass is 384 g/mol. The smallest absolute Gasteiger partial charge is 0.227 e. The molecule has 3 aliphatic rings. The van der Waals surface area contributed by atoms with Gasteiger partial charge in [0, 0.05) is 62.5 Å². The van der Waals surface area contributed by atoms with Gasteiger partial charge in [0.05, 0.1) is 0 Å². The van der Waals surface area contributed by atoms with E-state index >= 15 is 0 Å². The lowest BCUT2D eigenvalue weighted by molar-refractivity contribution is -0.140. The van der Waals surface area contributed by atoms with E-state index in [0.717, 1.165) is 70.6 Å². The standard InChI is InChI=1S/C22H32N4O2/c1-24-13-15-25(16-14-24)20-7-5-19(6-8-20)23-21(27)17-9-11-26(12-10-17)22(28)18-3-2-4-18/h5-8,17-18H,2-4,9-16H2,1H3,(H,23,27). The van der Waals surface area contributed by atoms with Crippen LogP contribution in [0.15, 0.2) is 24.3 Å². The average Bonchev–Trinajstić information content (AvgIpc) is 2.68. The quantitative estimate of drug-likeness (QED) is 0.866. The summed E-state index contributed by atoms with van der Waals surface area (Å²) in [4.78, 5) is 31.7. The van der Waals surface area contributed by atoms with E-state index in [9.17, 15) is 9.59 Å². The van der Waals surface area contributed by atoms with Gasteiger partial charge in [-0.1, -0.05) is 6.42 Å². The van der Waals surface area contributed by atoms with Crippen molar-refractivity contribution < 1.29 is 9.59 Å². The number of likely N-dealkylation sites (tertiary alicyclic amines) is 1. The third-order valence-corrected chi connectivity index (χ3v) is 6.64. The fourth-order valence-electron chi connectivity index (χ4n) is 4.34. The van der Waals surface area contributed by atoms with Gasteiger partial charge in [-0.15, -0.1) is 0 Å². The fourth-order valence-corrected chi connectivity index (χ4v) is 4.34. The topological polar surface area (TPSA) is 55.9 Å². The zero-order valence-corrected chi connectivity index (χ0v) is 16.9. The molecule has 0 bridgehead atoms. The number of anilines is 2. The molecule has 2 heterocycles. The summed E-state index contributed by atoms with van der Waals surface area (Å²) >= 11 is 0. The van der Waals surface area contributed by atoms with Crippen LogP contribution in [0.25, 0.3) is 0 Å². The van der Waals surface area contributed by atoms with E-state index < -0.39 is 0 Å². The number of rotatable bonds is 4. The molecule has 6 nitrogen and oxygen atoms in total. The Kier molecular flexibility index (Phi) is 5.85. The van der Waals surface area contributed by atoms with Gasteiger partial charge >= 0.3 is 0 Å². The van der Waals surface area contributed by atoms with Crippen molar-refractivity contribution in [3.05, 3.63) is 24.3 Å². The first kappa shape index (κ1) is 19.2. The van der Waals surface area contributed by atoms with E-state index in [1.54, 1.807) is 0 Å². The lowest BCUT2D eigenvalue weighted by Gasteiger charge is -2.36. The van der Waals surface area contributed by atoms with E-state index in [1.165, 1.54) is 12.1 Å². The lowest BCUT2D eigenvalue weighted by atomic mass is 9.83. The summed E-state index contributed by atoms with van der Waals surface area (Å²) in [5, 5.41) is 3.07. The van der Waals surface area contributed by atoms with E-state index in [4.69, 9.17) is 0 Å². The normalized spacial score (nSPS) is 22.0. The van der Waals surface area contributed by atoms with Crippen molar-refractivity contribution in [3.63, 3.8) is 0 Å². The predicted octanol–water partition coefficient (Wildman–Crippen LogP) is 2.42. The first-order valence-corrected chi connectivity index (χ1v) is 10.7. The van der Waals surface area contributed by atoms with Crippen LogP contribution in [0.5, 0.6) is 0 Å². The van der Waals surface area contributed by atoms with Crippen LogP contribution in [0.4, 0.5) is 11.4 Å². The highest BCUT2D eigenvalue weighted by molar-refractivity contribution is 5.93. The van der Waals surface area contributed by atoms with Crippen LogP contribution in [0.3, 0.4) is 0 Å². The molecule has 4 rings (SSSR count). The summed E-state index contributed by atoms with van der Waals surface area (Å²) in [6, 6.07) is 8.20. The molecule has 2 saturated heterocycles. The molecule has 1 aliphatic carbocycles. The zero-order valence-electron chi connectivity index (χ0n) is 16.9. The molecule has 3 fully saturated rings. The summed E-state index contributed by atoms with van der Waals surface area (Å²) in [7, 11) is 2.16. The van der Waals surface area contributed by atoms with Crippen molar-refractivity contribution in [2.24, 2.45) is 11.8 Å². The molecule has 152 valence electrons. The molecule has 0 aromatic heterocycles. The highest BCUT2D eigenvalue weighted by atomic mass is 16.2. The number of hydrogen-bond donors (Lipinski definition) is 1. The predicted molar refractivity (Wildman–Crippen MR) is 111 cm³/mol. The zero-order chi connectivity index (χ0) is 19.5. The third kappa shape index (κ3) is 4.32. The van der Waals surface area contributed by atoms with Gasteiger partial charge in [-0.2, -0.15) is 0 Å². The van der Waals surface area contributed by atoms with Gasteiger partial charge in [-0.25, -0.2) is 0 Å². The molecule has 1 aromatic rings. The van der Waals surface area contributed by atoms with Gasteiger partial charge in [0.1, 0.15) is 0 Å². The molecule has 0 radical (unpaired) electrons. The lowest BCUT2D eigenvalue weighted by Crippen LogP contribution is -2.45. The van der Waals surface area contributed by atoms with E-state index in [-0.39, 0.29) is 17.7 Å². The van der Waals surface area contributed by atoms with Crippen LogP contribution in [0, 0.1) is 11.8 Å². The van der Waals surface area contributed by atoms with Gasteiger partial charge in [-0.05, 0) is 57.0 Å². The molecule has 2 aliphatic heterocycles. The largest absolute Gasteiger partial charge is 0.369 e. The fraction of sp³-hybridized carbons (Fsp3) is 0.636. The minimum absolute atomic E-state index is 0.00255. The second-order valence-electron chi connectivity index (χ2n) is 8.55. The molecule has 0 unspecified atom stereocenters. The average molecular weight is 385 g/mol. The first-order chi connectivity index (χ1) is 13.6. The molecular weight excluding hydrogens is 352 g/mol. The maximum Gasteiger partial charge on any atom is 0.227 e. The Labute approximate surface area is 167 Å². The highest BCUT2D eigenvalue weighted by Gasteiger charge is 2.33. The molecule has 28 heavy (non-hydrogen) atoms. The number of piperazine rings is 1. The molecule has 0 atom stereocenters. The minimum atomic E-state index is 0.00255. The third-order valence-electron chi connectivity index (χ3n) is 6.64. The summed E-state index contributed by atoms with van der Waals surface area (Å²) in [5.41, 5.74) is 2.07. The Morgan fingerprint density at radius 1 is 0.857 bits per heavy atom. The Bertz CT molecular complexity index is 685. The number of piperidine rings is 1. The molecular formula is C22H32N4O2. The van der Waals surface area contributed by atoms with Crippen LogP contribution in [-0.4, -0.2) is 67.9 Å². The summed E-state index contributed by atoms with van der Waals surface area (Å²) in [5.74, 6) is 0.652. The second-order valence-corrected chi connectivity index (χ2v) is 8.55. The summed E-state index contributed by atoms with van der Waals surface area (Å²) in [6.07, 6.45) is 4.81. The molecule has 1 aromatic carbocycles. The molecule has 1 N–H and O–H groups in total. The first-order valence-electron chi connectivity index (χ1n) is 10.7. The van der Waals surface area contributed by atoms with Crippen molar-refractivity contribution in [3.8, 4) is 0 Å². The van der Waals surface area contributed by atoms with Gasteiger partial charge in [0.25, 0.3) is 0 Å². The van der Waals surface area contributed by atoms with Gasteiger partial charge in [0.2, 0.25) is 11.8 Å². The molecule has 6 heteroatoms. The summed E-state index contributed by atoms with van der Waals surface area (Å²) in [6.45, 7) is 5.69. The van der Waals surface area contributed by atoms with Gasteiger partial charge < -0.3 is 20.0 Å². The number of carbonyl (C=O) groups excluding carboxylic acids is 2. The van der Waals surface area contributed by atoms with Crippen LogP contribution in [0.1, 0.15) is 32.1 Å². The Hall–Kier alpha value is -2.08. The number of hydrogen-bond acceptors (Lipinski definition) is 4. The molecule has 1 saturated carbocycles. The van der Waals surface area contributed by atoms with Crippen molar-refractivity contribution in [2.45, 2.75) is 32.1 Å². The number of nitrogens with one attached hydrogen (secondary N) is 1. The van der Waals surface area contributed by atoms with Crippen molar-refractivity contribution in [1.29, 1.82) is 0 Å². The Morgan fingerprint density at radius 2 is 1.50 bits per heavy atom. The number of amides is 2. The van der Waals surface area contributed by atoms with Crippen LogP contribution >= 0.6 is 0 Å². The minimum Gasteiger partial charge on any atom is -0.369 e. The molecule has 2 amide bonds. The van der Waals surface area contributed by atoms with Gasteiger partial charge in [-0.3, -0.25) is 9.59 Å². The number of benzene rings is 1. The molecule has 0 spiro atoms. The number of likely N-dealkylation sites (N-methyl/N-ethyl adjacent to an activating group) is 1. The highest BCUT2D eigenvalue weighted by Crippen LogP contribution is 2.30. The number of carbonyl (C=O) groups is 2. The number of nitrogens with zero attached hydrogens (tertiary/aromatic N) is 3. The SMILES string of the molecule is CN1CCN(c2ccc(NC(=O)C3CCN(C(=O)C4CCC4)CC3)cc2)CC1.